The van der Waals surface area contributed by atoms with Crippen molar-refractivity contribution in [3.8, 4) is 27.7 Å². The Morgan fingerprint density at radius 2 is 1.19 bits per heavy atom. The molecule has 0 unspecified atom stereocenters. The number of nitrogens with zero attached hydrogens (tertiary/aromatic N) is 1. The minimum Gasteiger partial charge on any atom is -0.492 e. The quantitative estimate of drug-likeness (QED) is 0.0881. The molecule has 3 aliphatic heterocycles. The van der Waals surface area contributed by atoms with Crippen molar-refractivity contribution >= 4 is 39.1 Å². The van der Waals surface area contributed by atoms with E-state index in [1.54, 1.807) is 48.5 Å². The average molecular weight is 826 g/mol. The molecule has 3 saturated heterocycles. The van der Waals surface area contributed by atoms with Gasteiger partial charge in [0.15, 0.2) is 18.0 Å². The Balaban J connectivity index is 1.16. The number of aliphatic hydroxyl groups excluding tert-OH is 6. The Morgan fingerprint density at radius 1 is 0.655 bits per heavy atom. The van der Waals surface area contributed by atoms with Gasteiger partial charge in [-0.3, -0.25) is 9.69 Å². The molecule has 17 nitrogen and oxygen atoms in total. The van der Waals surface area contributed by atoms with Crippen molar-refractivity contribution in [2.24, 2.45) is 0 Å². The highest BCUT2D eigenvalue weighted by Gasteiger charge is 2.49. The zero-order valence-electron chi connectivity index (χ0n) is 30.8. The first kappa shape index (κ1) is 41.4. The number of likely N-dealkylation sites (tertiary alicyclic amines) is 1. The predicted molar refractivity (Wildman–Crippen MR) is 203 cm³/mol. The summed E-state index contributed by atoms with van der Waals surface area (Å²) in [5, 5.41) is 80.9. The number of aliphatic hydroxyl groups is 6. The fourth-order valence-electron chi connectivity index (χ4n) is 7.15. The Labute approximate surface area is 334 Å². The summed E-state index contributed by atoms with van der Waals surface area (Å²) in [4.78, 5) is 40.4. The van der Waals surface area contributed by atoms with Crippen LogP contribution < -0.4 is 14.2 Å². The molecule has 3 fully saturated rings. The fourth-order valence-corrected chi connectivity index (χ4v) is 8.39. The molecule has 0 radical (unpaired) electrons. The van der Waals surface area contributed by atoms with E-state index in [9.17, 15) is 55.2 Å². The molecule has 10 atom stereocenters. The minimum atomic E-state index is -1.90. The van der Waals surface area contributed by atoms with Crippen molar-refractivity contribution in [2.75, 3.05) is 26.2 Å². The van der Waals surface area contributed by atoms with Gasteiger partial charge < -0.3 is 64.5 Å². The maximum atomic E-state index is 14.4. The zero-order chi connectivity index (χ0) is 41.2. The molecule has 310 valence electrons. The van der Waals surface area contributed by atoms with E-state index in [0.717, 1.165) is 19.6 Å². The van der Waals surface area contributed by atoms with Crippen LogP contribution in [0.2, 0.25) is 0 Å². The molecule has 1 aromatic heterocycles. The third-order valence-electron chi connectivity index (χ3n) is 10.4. The van der Waals surface area contributed by atoms with Crippen LogP contribution in [0.5, 0.6) is 17.2 Å². The van der Waals surface area contributed by atoms with E-state index in [0.29, 0.717) is 44.0 Å². The maximum Gasteiger partial charge on any atom is 0.335 e. The van der Waals surface area contributed by atoms with Gasteiger partial charge in [0.1, 0.15) is 60.5 Å². The number of benzene rings is 3. The molecule has 3 aromatic carbocycles. The molecule has 4 aromatic rings. The van der Waals surface area contributed by atoms with E-state index in [1.807, 2.05) is 0 Å². The molecule has 8 N–H and O–H groups in total. The third-order valence-corrected chi connectivity index (χ3v) is 11.6. The highest BCUT2D eigenvalue weighted by molar-refractivity contribution is 7.22. The van der Waals surface area contributed by atoms with Crippen molar-refractivity contribution in [1.82, 2.24) is 4.90 Å². The van der Waals surface area contributed by atoms with Gasteiger partial charge in [-0.2, -0.15) is 0 Å². The summed E-state index contributed by atoms with van der Waals surface area (Å²) in [6, 6.07) is 17.7. The molecule has 0 spiro atoms. The zero-order valence-corrected chi connectivity index (χ0v) is 31.6. The van der Waals surface area contributed by atoms with Crippen LogP contribution in [0, 0.1) is 0 Å². The van der Waals surface area contributed by atoms with Crippen LogP contribution in [0.1, 0.15) is 35.2 Å². The topological polar surface area (TPSA) is 262 Å². The summed E-state index contributed by atoms with van der Waals surface area (Å²) in [7, 11) is 0. The normalized spacial score (nSPS) is 29.1. The van der Waals surface area contributed by atoms with Crippen molar-refractivity contribution in [3.63, 3.8) is 0 Å². The van der Waals surface area contributed by atoms with E-state index < -0.39 is 73.4 Å². The number of carboxylic acids is 2. The molecule has 3 aliphatic rings. The van der Waals surface area contributed by atoms with Gasteiger partial charge in [0.25, 0.3) is 0 Å². The summed E-state index contributed by atoms with van der Waals surface area (Å²) in [5.74, 6) is -2.63. The first-order valence-electron chi connectivity index (χ1n) is 18.7. The highest BCUT2D eigenvalue weighted by Crippen LogP contribution is 2.42. The number of aliphatic carboxylic acids is 2. The molecule has 0 saturated carbocycles. The molecule has 18 heteroatoms. The number of rotatable bonds is 13. The fraction of sp³-hybridized carbons (Fsp3) is 0.425. The Morgan fingerprint density at radius 3 is 1.76 bits per heavy atom. The number of ether oxygens (including phenoxy) is 5. The van der Waals surface area contributed by atoms with E-state index in [1.165, 1.54) is 48.8 Å². The van der Waals surface area contributed by atoms with Crippen molar-refractivity contribution in [3.05, 3.63) is 77.9 Å². The molecule has 7 rings (SSSR count). The second-order valence-corrected chi connectivity index (χ2v) is 15.4. The summed E-state index contributed by atoms with van der Waals surface area (Å²) in [6.45, 7) is 3.40. The Kier molecular flexibility index (Phi) is 12.6. The van der Waals surface area contributed by atoms with Crippen molar-refractivity contribution < 1.29 is 78.9 Å². The van der Waals surface area contributed by atoms with Gasteiger partial charge in [-0.25, -0.2) is 9.59 Å². The van der Waals surface area contributed by atoms with E-state index >= 15 is 0 Å². The standard InChI is InChI=1S/C40H43NO16S/c42-27(19-4-8-21(9-5-19)53-17-16-41-14-2-1-3-15-41)26-24-13-12-23(55-40-33(48)29(44)31(46)35(57-40)38(51)52)18-25(24)58-36(26)20-6-10-22(11-7-20)54-39-32(47)28(43)30(45)34(56-39)37(49)50/h4-13,18,28-35,39-40,43-48H,1-3,14-17H2,(H,49,50)(H,51,52)/t28-,29+,30-,31+,32-,33+,34-,35+,39+,40-/m1/s1. The van der Waals surface area contributed by atoms with E-state index in [-0.39, 0.29) is 17.3 Å². The Hall–Kier alpha value is -4.73. The summed E-state index contributed by atoms with van der Waals surface area (Å²) in [6.07, 6.45) is -14.5. The number of thiophene rings is 1. The van der Waals surface area contributed by atoms with Gasteiger partial charge in [-0.15, -0.1) is 11.3 Å². The van der Waals surface area contributed by atoms with Crippen LogP contribution in [0.25, 0.3) is 20.5 Å². The second-order valence-electron chi connectivity index (χ2n) is 14.3. The first-order valence-corrected chi connectivity index (χ1v) is 19.5. The van der Waals surface area contributed by atoms with Gasteiger partial charge in [0.2, 0.25) is 12.6 Å². The molecule has 0 bridgehead atoms. The van der Waals surface area contributed by atoms with Crippen LogP contribution in [0.15, 0.2) is 66.7 Å². The van der Waals surface area contributed by atoms with Crippen LogP contribution in [0.3, 0.4) is 0 Å². The number of fused-ring (bicyclic) bond motifs is 1. The predicted octanol–water partition coefficient (Wildman–Crippen LogP) is 1.21. The third kappa shape index (κ3) is 8.67. The summed E-state index contributed by atoms with van der Waals surface area (Å²) < 4.78 is 28.5. The largest absolute Gasteiger partial charge is 0.492 e. The number of carboxylic acid groups (broad SMARTS) is 2. The summed E-state index contributed by atoms with van der Waals surface area (Å²) >= 11 is 1.21. The number of piperidine rings is 1. The minimum absolute atomic E-state index is 0.101. The lowest BCUT2D eigenvalue weighted by Crippen LogP contribution is -2.61. The van der Waals surface area contributed by atoms with Crippen molar-refractivity contribution in [2.45, 2.75) is 80.7 Å². The molecule has 0 amide bonds. The van der Waals surface area contributed by atoms with Gasteiger partial charge >= 0.3 is 11.9 Å². The number of carbonyl (C=O) groups excluding carboxylic acids is 1. The number of hydrogen-bond donors (Lipinski definition) is 8. The SMILES string of the molecule is O=C(c1ccc(OCCN2CCCCC2)cc1)c1c(-c2ccc(O[C@H]3O[C@@H](C(=O)O)[C@H](O)[C@@H](O)[C@H]3O)cc2)sc2cc(O[C@@H]3O[C@H](C(=O)O)[C@@H](O)[C@H](O)[C@@H]3O)ccc12. The van der Waals surface area contributed by atoms with Crippen LogP contribution in [-0.4, -0.2) is 151 Å². The lowest BCUT2D eigenvalue weighted by molar-refractivity contribution is -0.271. The smallest absolute Gasteiger partial charge is 0.335 e. The van der Waals surface area contributed by atoms with Gasteiger partial charge in [-0.1, -0.05) is 6.42 Å². The van der Waals surface area contributed by atoms with E-state index in [4.69, 9.17) is 23.7 Å². The van der Waals surface area contributed by atoms with Gasteiger partial charge in [0, 0.05) is 32.6 Å². The molecule has 58 heavy (non-hydrogen) atoms. The van der Waals surface area contributed by atoms with Crippen LogP contribution in [-0.2, 0) is 19.1 Å². The number of carbonyl (C=O) groups is 3. The lowest BCUT2D eigenvalue weighted by atomic mass is 9.97. The van der Waals surface area contributed by atoms with Crippen LogP contribution >= 0.6 is 11.3 Å². The Bertz CT molecular complexity index is 2090. The van der Waals surface area contributed by atoms with Crippen molar-refractivity contribution in [1.29, 1.82) is 0 Å². The van der Waals surface area contributed by atoms with Crippen LogP contribution in [0.4, 0.5) is 0 Å². The maximum absolute atomic E-state index is 14.4. The summed E-state index contributed by atoms with van der Waals surface area (Å²) in [5.41, 5.74) is 1.24. The molecular weight excluding hydrogens is 782 g/mol. The second kappa shape index (κ2) is 17.6. The molecule has 0 aliphatic carbocycles. The van der Waals surface area contributed by atoms with Gasteiger partial charge in [-0.05, 0) is 98.2 Å². The average Bonchev–Trinajstić information content (AvgIpc) is 3.60. The molecular formula is C40H43NO16S. The first-order chi connectivity index (χ1) is 27.8. The van der Waals surface area contributed by atoms with E-state index in [2.05, 4.69) is 4.90 Å². The highest BCUT2D eigenvalue weighted by atomic mass is 32.1. The lowest BCUT2D eigenvalue weighted by Gasteiger charge is -2.38. The van der Waals surface area contributed by atoms with Gasteiger partial charge in [0.05, 0.1) is 0 Å². The monoisotopic (exact) mass is 825 g/mol. The number of ketones is 1. The number of hydrogen-bond acceptors (Lipinski definition) is 16. The molecule has 4 heterocycles.